The first kappa shape index (κ1) is 13.1. The van der Waals surface area contributed by atoms with Crippen LogP contribution in [0.1, 0.15) is 19.3 Å². The molecule has 104 valence electrons. The van der Waals surface area contributed by atoms with Crippen LogP contribution in [-0.4, -0.2) is 29.1 Å². The zero-order valence-electron chi connectivity index (χ0n) is 11.6. The normalized spacial score (nSPS) is 18.4. The van der Waals surface area contributed by atoms with Crippen LogP contribution in [0.3, 0.4) is 0 Å². The standard InChI is InChI=1S/C16H20N4/c17-9-8-15-7-4-10-20(15)16-18-11-14(12-19-16)13-5-2-1-3-6-13/h1-3,5-6,11-12,15H,4,7-10,17H2. The van der Waals surface area contributed by atoms with Gasteiger partial charge >= 0.3 is 0 Å². The zero-order chi connectivity index (χ0) is 13.8. The minimum Gasteiger partial charge on any atom is -0.338 e. The summed E-state index contributed by atoms with van der Waals surface area (Å²) in [5, 5.41) is 0. The fraction of sp³-hybridized carbons (Fsp3) is 0.375. The van der Waals surface area contributed by atoms with Crippen molar-refractivity contribution in [1.82, 2.24) is 9.97 Å². The summed E-state index contributed by atoms with van der Waals surface area (Å²) in [5.41, 5.74) is 7.89. The highest BCUT2D eigenvalue weighted by Gasteiger charge is 2.25. The summed E-state index contributed by atoms with van der Waals surface area (Å²) in [6.45, 7) is 1.76. The Kier molecular flexibility index (Phi) is 3.92. The molecule has 2 N–H and O–H groups in total. The Morgan fingerprint density at radius 3 is 2.55 bits per heavy atom. The van der Waals surface area contributed by atoms with Gasteiger partial charge in [-0.2, -0.15) is 0 Å². The van der Waals surface area contributed by atoms with Gasteiger partial charge < -0.3 is 10.6 Å². The number of hydrogen-bond acceptors (Lipinski definition) is 4. The summed E-state index contributed by atoms with van der Waals surface area (Å²) >= 11 is 0. The van der Waals surface area contributed by atoms with E-state index in [-0.39, 0.29) is 0 Å². The first-order valence-corrected chi connectivity index (χ1v) is 7.22. The molecule has 1 atom stereocenters. The van der Waals surface area contributed by atoms with Gasteiger partial charge in [0.05, 0.1) is 0 Å². The van der Waals surface area contributed by atoms with E-state index in [9.17, 15) is 0 Å². The molecule has 2 heterocycles. The van der Waals surface area contributed by atoms with Crippen LogP contribution in [0.4, 0.5) is 5.95 Å². The summed E-state index contributed by atoms with van der Waals surface area (Å²) in [6, 6.07) is 10.7. The highest BCUT2D eigenvalue weighted by Crippen LogP contribution is 2.25. The predicted molar refractivity (Wildman–Crippen MR) is 81.5 cm³/mol. The molecule has 1 unspecified atom stereocenters. The van der Waals surface area contributed by atoms with E-state index in [4.69, 9.17) is 5.73 Å². The molecule has 4 heteroatoms. The van der Waals surface area contributed by atoms with Crippen molar-refractivity contribution >= 4 is 5.95 Å². The van der Waals surface area contributed by atoms with E-state index in [0.29, 0.717) is 6.04 Å². The lowest BCUT2D eigenvalue weighted by Crippen LogP contribution is -2.32. The Morgan fingerprint density at radius 2 is 1.85 bits per heavy atom. The molecule has 1 aliphatic rings. The topological polar surface area (TPSA) is 55.0 Å². The summed E-state index contributed by atoms with van der Waals surface area (Å²) in [5.74, 6) is 0.834. The number of aromatic nitrogens is 2. The van der Waals surface area contributed by atoms with Gasteiger partial charge in [-0.15, -0.1) is 0 Å². The van der Waals surface area contributed by atoms with Crippen LogP contribution in [0.25, 0.3) is 11.1 Å². The average Bonchev–Trinajstić information content (AvgIpc) is 2.97. The number of rotatable bonds is 4. The molecule has 3 rings (SSSR count). The summed E-state index contributed by atoms with van der Waals surface area (Å²) < 4.78 is 0. The number of nitrogens with zero attached hydrogens (tertiary/aromatic N) is 3. The SMILES string of the molecule is NCCC1CCCN1c1ncc(-c2ccccc2)cn1. The van der Waals surface area contributed by atoms with Gasteiger partial charge in [0.2, 0.25) is 5.95 Å². The van der Waals surface area contributed by atoms with Crippen LogP contribution in [0.15, 0.2) is 42.7 Å². The van der Waals surface area contributed by atoms with E-state index < -0.39 is 0 Å². The first-order valence-electron chi connectivity index (χ1n) is 7.22. The first-order chi connectivity index (χ1) is 9.88. The van der Waals surface area contributed by atoms with Crippen molar-refractivity contribution in [2.45, 2.75) is 25.3 Å². The molecule has 0 spiro atoms. The molecule has 20 heavy (non-hydrogen) atoms. The van der Waals surface area contributed by atoms with Crippen LogP contribution in [0.2, 0.25) is 0 Å². The lowest BCUT2D eigenvalue weighted by atomic mass is 10.1. The largest absolute Gasteiger partial charge is 0.338 e. The fourth-order valence-corrected chi connectivity index (χ4v) is 2.84. The second-order valence-corrected chi connectivity index (χ2v) is 5.20. The third-order valence-corrected chi connectivity index (χ3v) is 3.88. The van der Waals surface area contributed by atoms with Gasteiger partial charge in [-0.25, -0.2) is 9.97 Å². The molecule has 1 fully saturated rings. The molecule has 2 aromatic rings. The quantitative estimate of drug-likeness (QED) is 0.925. The summed E-state index contributed by atoms with van der Waals surface area (Å²) in [7, 11) is 0. The van der Waals surface area contributed by atoms with E-state index in [1.807, 2.05) is 30.6 Å². The third kappa shape index (κ3) is 2.65. The van der Waals surface area contributed by atoms with E-state index in [1.54, 1.807) is 0 Å². The molecule has 0 radical (unpaired) electrons. The highest BCUT2D eigenvalue weighted by molar-refractivity contribution is 5.61. The third-order valence-electron chi connectivity index (χ3n) is 3.88. The lowest BCUT2D eigenvalue weighted by Gasteiger charge is -2.24. The minimum atomic E-state index is 0.502. The second kappa shape index (κ2) is 6.01. The minimum absolute atomic E-state index is 0.502. The summed E-state index contributed by atoms with van der Waals surface area (Å²) in [4.78, 5) is 11.4. The van der Waals surface area contributed by atoms with Gasteiger partial charge in [-0.3, -0.25) is 0 Å². The Hall–Kier alpha value is -1.94. The van der Waals surface area contributed by atoms with Gasteiger partial charge in [0.15, 0.2) is 0 Å². The zero-order valence-corrected chi connectivity index (χ0v) is 11.6. The van der Waals surface area contributed by atoms with Gasteiger partial charge in [-0.1, -0.05) is 30.3 Å². The van der Waals surface area contributed by atoms with Crippen LogP contribution in [0.5, 0.6) is 0 Å². The van der Waals surface area contributed by atoms with Crippen molar-refractivity contribution in [1.29, 1.82) is 0 Å². The lowest BCUT2D eigenvalue weighted by molar-refractivity contribution is 0.609. The van der Waals surface area contributed by atoms with Crippen molar-refractivity contribution in [3.8, 4) is 11.1 Å². The maximum Gasteiger partial charge on any atom is 0.225 e. The predicted octanol–water partition coefficient (Wildman–Crippen LogP) is 2.46. The van der Waals surface area contributed by atoms with Gasteiger partial charge in [0.1, 0.15) is 0 Å². The second-order valence-electron chi connectivity index (χ2n) is 5.20. The fourth-order valence-electron chi connectivity index (χ4n) is 2.84. The maximum atomic E-state index is 5.68. The number of nitrogens with two attached hydrogens (primary N) is 1. The Bertz CT molecular complexity index is 538. The Labute approximate surface area is 119 Å². The molecule has 0 aliphatic carbocycles. The van der Waals surface area contributed by atoms with Crippen molar-refractivity contribution < 1.29 is 0 Å². The number of hydrogen-bond donors (Lipinski definition) is 1. The van der Waals surface area contributed by atoms with Crippen LogP contribution in [-0.2, 0) is 0 Å². The average molecular weight is 268 g/mol. The van der Waals surface area contributed by atoms with Crippen molar-refractivity contribution in [2.24, 2.45) is 5.73 Å². The van der Waals surface area contributed by atoms with Crippen LogP contribution >= 0.6 is 0 Å². The number of anilines is 1. The molecular weight excluding hydrogens is 248 g/mol. The number of benzene rings is 1. The molecule has 1 saturated heterocycles. The van der Waals surface area contributed by atoms with Crippen molar-refractivity contribution in [3.05, 3.63) is 42.7 Å². The highest BCUT2D eigenvalue weighted by atomic mass is 15.3. The van der Waals surface area contributed by atoms with Crippen LogP contribution < -0.4 is 10.6 Å². The van der Waals surface area contributed by atoms with Gasteiger partial charge in [-0.05, 0) is 31.4 Å². The summed E-state index contributed by atoms with van der Waals surface area (Å²) in [6.07, 6.45) is 7.24. The molecule has 0 bridgehead atoms. The molecule has 1 aromatic heterocycles. The smallest absolute Gasteiger partial charge is 0.225 e. The molecule has 1 aromatic carbocycles. The van der Waals surface area contributed by atoms with E-state index >= 15 is 0 Å². The molecule has 4 nitrogen and oxygen atoms in total. The molecule has 1 aliphatic heterocycles. The maximum absolute atomic E-state index is 5.68. The van der Waals surface area contributed by atoms with E-state index in [1.165, 1.54) is 12.8 Å². The van der Waals surface area contributed by atoms with Crippen LogP contribution in [0, 0.1) is 0 Å². The molecule has 0 amide bonds. The van der Waals surface area contributed by atoms with Gasteiger partial charge in [0, 0.05) is 30.5 Å². The Morgan fingerprint density at radius 1 is 1.10 bits per heavy atom. The van der Waals surface area contributed by atoms with E-state index in [2.05, 4.69) is 27.0 Å². The molecule has 0 saturated carbocycles. The van der Waals surface area contributed by atoms with Crippen molar-refractivity contribution in [2.75, 3.05) is 18.0 Å². The van der Waals surface area contributed by atoms with Gasteiger partial charge in [0.25, 0.3) is 0 Å². The van der Waals surface area contributed by atoms with Crippen molar-refractivity contribution in [3.63, 3.8) is 0 Å². The monoisotopic (exact) mass is 268 g/mol. The van der Waals surface area contributed by atoms with E-state index in [0.717, 1.165) is 36.6 Å². The Balaban J connectivity index is 1.79. The molecular formula is C16H20N4.